The number of hydrogen-bond donors (Lipinski definition) is 1. The number of amides is 1. The highest BCUT2D eigenvalue weighted by molar-refractivity contribution is 7.89. The number of likely N-dealkylation sites (tertiary alicyclic amines) is 1. The molecule has 2 aromatic rings. The fraction of sp³-hybridized carbons (Fsp3) is 0.389. The molecule has 5 nitrogen and oxygen atoms in total. The summed E-state index contributed by atoms with van der Waals surface area (Å²) in [5, 5.41) is 1.56. The van der Waals surface area contributed by atoms with E-state index in [1.807, 2.05) is 6.92 Å². The highest BCUT2D eigenvalue weighted by atomic mass is 32.2. The monoisotopic (exact) mass is 396 g/mol. The summed E-state index contributed by atoms with van der Waals surface area (Å²) in [5.74, 6) is -0.804. The van der Waals surface area contributed by atoms with Crippen LogP contribution in [0.5, 0.6) is 0 Å². The first-order valence-corrected chi connectivity index (χ1v) is 10.8. The van der Waals surface area contributed by atoms with Gasteiger partial charge in [0, 0.05) is 19.6 Å². The number of sulfonamides is 1. The van der Waals surface area contributed by atoms with Gasteiger partial charge in [0.25, 0.3) is 5.91 Å². The summed E-state index contributed by atoms with van der Waals surface area (Å²) >= 11 is 1.09. The van der Waals surface area contributed by atoms with Gasteiger partial charge in [0.2, 0.25) is 10.0 Å². The summed E-state index contributed by atoms with van der Waals surface area (Å²) in [6, 6.07) is 7.95. The second kappa shape index (κ2) is 7.85. The number of nitrogens with one attached hydrogen (secondary N) is 1. The quantitative estimate of drug-likeness (QED) is 0.845. The maximum absolute atomic E-state index is 13.6. The smallest absolute Gasteiger partial charge is 0.266 e. The minimum Gasteiger partial charge on any atom is -0.338 e. The highest BCUT2D eigenvalue weighted by Gasteiger charge is 2.27. The molecule has 2 heterocycles. The summed E-state index contributed by atoms with van der Waals surface area (Å²) in [6.07, 6.45) is 1.60. The third kappa shape index (κ3) is 4.31. The Morgan fingerprint density at radius 3 is 2.69 bits per heavy atom. The molecule has 1 amide bonds. The third-order valence-corrected chi connectivity index (χ3v) is 6.83. The van der Waals surface area contributed by atoms with E-state index in [2.05, 4.69) is 4.72 Å². The Labute approximate surface area is 156 Å². The van der Waals surface area contributed by atoms with Gasteiger partial charge in [-0.15, -0.1) is 11.3 Å². The molecule has 26 heavy (non-hydrogen) atoms. The lowest BCUT2D eigenvalue weighted by Crippen LogP contribution is -2.43. The van der Waals surface area contributed by atoms with Crippen LogP contribution in [0.1, 0.15) is 28.1 Å². The van der Waals surface area contributed by atoms with E-state index in [0.717, 1.165) is 29.7 Å². The fourth-order valence-corrected chi connectivity index (χ4v) is 4.88. The van der Waals surface area contributed by atoms with Crippen LogP contribution in [0, 0.1) is 18.7 Å². The Hall–Kier alpha value is -1.77. The predicted octanol–water partition coefficient (Wildman–Crippen LogP) is 3.03. The first kappa shape index (κ1) is 19.0. The predicted molar refractivity (Wildman–Crippen MR) is 99.3 cm³/mol. The van der Waals surface area contributed by atoms with E-state index in [1.165, 1.54) is 6.07 Å². The number of halogens is 1. The van der Waals surface area contributed by atoms with Gasteiger partial charge in [-0.05, 0) is 49.3 Å². The molecule has 3 rings (SSSR count). The van der Waals surface area contributed by atoms with Crippen molar-refractivity contribution in [1.82, 2.24) is 9.62 Å². The number of carbonyl (C=O) groups excluding carboxylic acids is 1. The molecule has 1 N–H and O–H groups in total. The van der Waals surface area contributed by atoms with Crippen molar-refractivity contribution >= 4 is 27.3 Å². The number of piperidine rings is 1. The van der Waals surface area contributed by atoms with Gasteiger partial charge in [-0.1, -0.05) is 17.7 Å². The van der Waals surface area contributed by atoms with Crippen LogP contribution >= 0.6 is 11.3 Å². The van der Waals surface area contributed by atoms with Crippen LogP contribution in [0.4, 0.5) is 4.39 Å². The summed E-state index contributed by atoms with van der Waals surface area (Å²) in [7, 11) is -3.58. The van der Waals surface area contributed by atoms with Crippen LogP contribution in [-0.4, -0.2) is 38.9 Å². The van der Waals surface area contributed by atoms with Crippen molar-refractivity contribution < 1.29 is 17.6 Å². The van der Waals surface area contributed by atoms with E-state index in [1.54, 1.807) is 34.5 Å². The second-order valence-electron chi connectivity index (χ2n) is 6.52. The van der Waals surface area contributed by atoms with E-state index in [4.69, 9.17) is 0 Å². The van der Waals surface area contributed by atoms with Gasteiger partial charge in [-0.3, -0.25) is 4.79 Å². The van der Waals surface area contributed by atoms with Crippen molar-refractivity contribution in [3.63, 3.8) is 0 Å². The van der Waals surface area contributed by atoms with E-state index in [-0.39, 0.29) is 28.1 Å². The number of aryl methyl sites for hydroxylation is 1. The van der Waals surface area contributed by atoms with E-state index in [9.17, 15) is 17.6 Å². The Morgan fingerprint density at radius 1 is 1.31 bits per heavy atom. The number of nitrogens with zero attached hydrogens (tertiary/aromatic N) is 1. The highest BCUT2D eigenvalue weighted by Crippen LogP contribution is 2.22. The van der Waals surface area contributed by atoms with Crippen LogP contribution in [0.25, 0.3) is 0 Å². The van der Waals surface area contributed by atoms with Crippen molar-refractivity contribution in [2.45, 2.75) is 24.7 Å². The number of rotatable bonds is 5. The van der Waals surface area contributed by atoms with Gasteiger partial charge in [0.15, 0.2) is 0 Å². The zero-order valence-corrected chi connectivity index (χ0v) is 16.1. The molecule has 1 aromatic heterocycles. The van der Waals surface area contributed by atoms with Crippen molar-refractivity contribution in [3.05, 3.63) is 52.0 Å². The molecule has 1 atom stereocenters. The lowest BCUT2D eigenvalue weighted by molar-refractivity contribution is 0.0677. The van der Waals surface area contributed by atoms with Crippen LogP contribution in [0.2, 0.25) is 0 Å². The lowest BCUT2D eigenvalue weighted by atomic mass is 9.98. The maximum atomic E-state index is 13.6. The number of carbonyl (C=O) groups is 1. The standard InChI is InChI=1S/C18H21FN2O3S2/c1-13-4-6-15(7-5-13)26(23,24)20-11-14-3-2-9-21(12-14)18(22)17-16(19)8-10-25-17/h4-8,10,14,20H,2-3,9,11-12H2,1H3. The topological polar surface area (TPSA) is 66.5 Å². The SMILES string of the molecule is Cc1ccc(S(=O)(=O)NCC2CCCN(C(=O)c3sccc3F)C2)cc1. The molecular weight excluding hydrogens is 375 g/mol. The van der Waals surface area contributed by atoms with Gasteiger partial charge in [0.1, 0.15) is 10.7 Å². The van der Waals surface area contributed by atoms with Gasteiger partial charge < -0.3 is 4.90 Å². The van der Waals surface area contributed by atoms with E-state index < -0.39 is 15.8 Å². The second-order valence-corrected chi connectivity index (χ2v) is 9.21. The molecule has 1 saturated heterocycles. The minimum absolute atomic E-state index is 0.0101. The Balaban J connectivity index is 1.61. The summed E-state index contributed by atoms with van der Waals surface area (Å²) in [6.45, 7) is 3.14. The van der Waals surface area contributed by atoms with E-state index in [0.29, 0.717) is 13.1 Å². The van der Waals surface area contributed by atoms with Crippen LogP contribution < -0.4 is 4.72 Å². The maximum Gasteiger partial charge on any atom is 0.266 e. The number of benzene rings is 1. The van der Waals surface area contributed by atoms with Gasteiger partial charge in [0.05, 0.1) is 4.90 Å². The number of thiophene rings is 1. The van der Waals surface area contributed by atoms with Crippen LogP contribution in [0.3, 0.4) is 0 Å². The Morgan fingerprint density at radius 2 is 2.04 bits per heavy atom. The average Bonchev–Trinajstić information content (AvgIpc) is 3.06. The normalized spacial score (nSPS) is 18.1. The van der Waals surface area contributed by atoms with Crippen molar-refractivity contribution in [3.8, 4) is 0 Å². The molecule has 0 radical (unpaired) electrons. The summed E-state index contributed by atoms with van der Waals surface area (Å²) < 4.78 is 41.1. The average molecular weight is 397 g/mol. The molecule has 1 fully saturated rings. The molecule has 1 aliphatic heterocycles. The first-order valence-electron chi connectivity index (χ1n) is 8.45. The fourth-order valence-electron chi connectivity index (χ4n) is 3.03. The number of hydrogen-bond acceptors (Lipinski definition) is 4. The molecule has 8 heteroatoms. The Kier molecular flexibility index (Phi) is 5.74. The van der Waals surface area contributed by atoms with Gasteiger partial charge in [-0.25, -0.2) is 17.5 Å². The van der Waals surface area contributed by atoms with Crippen LogP contribution in [0.15, 0.2) is 40.6 Å². The molecule has 1 aromatic carbocycles. The van der Waals surface area contributed by atoms with E-state index >= 15 is 0 Å². The first-order chi connectivity index (χ1) is 12.4. The van der Waals surface area contributed by atoms with Crippen LogP contribution in [-0.2, 0) is 10.0 Å². The summed E-state index contributed by atoms with van der Waals surface area (Å²) in [5.41, 5.74) is 0.992. The Bertz CT molecular complexity index is 878. The molecule has 0 aliphatic carbocycles. The molecule has 1 aliphatic rings. The molecule has 140 valence electrons. The minimum atomic E-state index is -3.58. The zero-order valence-electron chi connectivity index (χ0n) is 14.4. The molecular formula is C18H21FN2O3S2. The van der Waals surface area contributed by atoms with Gasteiger partial charge in [-0.2, -0.15) is 0 Å². The van der Waals surface area contributed by atoms with Crippen molar-refractivity contribution in [2.24, 2.45) is 5.92 Å². The zero-order chi connectivity index (χ0) is 18.7. The lowest BCUT2D eigenvalue weighted by Gasteiger charge is -2.32. The largest absolute Gasteiger partial charge is 0.338 e. The van der Waals surface area contributed by atoms with Crippen molar-refractivity contribution in [2.75, 3.05) is 19.6 Å². The van der Waals surface area contributed by atoms with Crippen molar-refractivity contribution in [1.29, 1.82) is 0 Å². The summed E-state index contributed by atoms with van der Waals surface area (Å²) in [4.78, 5) is 14.4. The third-order valence-electron chi connectivity index (χ3n) is 4.51. The molecule has 0 saturated carbocycles. The molecule has 0 bridgehead atoms. The molecule has 0 spiro atoms. The molecule has 1 unspecified atom stereocenters. The van der Waals surface area contributed by atoms with Gasteiger partial charge >= 0.3 is 0 Å².